The number of ether oxygens (including phenoxy) is 2. The number of hydrogen-bond donors (Lipinski definition) is 0. The lowest BCUT2D eigenvalue weighted by molar-refractivity contribution is 0.463. The molecule has 0 N–H and O–H groups in total. The van der Waals surface area contributed by atoms with Crippen LogP contribution in [0.25, 0.3) is 27.8 Å². The van der Waals surface area contributed by atoms with E-state index in [9.17, 15) is 0 Å². The molecule has 59 heavy (non-hydrogen) atoms. The standard InChI is InChI=1S/C49H34B2N6O2/c1-3-13-35(14-4-1)50(37-17-11-19-41(31-37)58-47-21-7-9-27-52-47)39-23-25-43-44-26-24-40(34-46(44)57(45(43)33-39)49-54-29-30-55-56-49)51(36-15-5-2-6-16-36)38-18-12-20-42(32-38)59-48-22-8-10-28-53-48/h1-34H. The molecule has 0 aliphatic rings. The van der Waals surface area contributed by atoms with Gasteiger partial charge in [0.05, 0.1) is 23.4 Å². The van der Waals surface area contributed by atoms with Crippen LogP contribution in [0, 0.1) is 0 Å². The molecule has 10 heteroatoms. The Hall–Kier alpha value is -7.84. The molecule has 0 saturated carbocycles. The topological polar surface area (TPSA) is 87.8 Å². The molecule has 278 valence electrons. The maximum absolute atomic E-state index is 6.21. The first-order chi connectivity index (χ1) is 29.2. The summed E-state index contributed by atoms with van der Waals surface area (Å²) in [5.41, 5.74) is 8.67. The molecule has 0 bridgehead atoms. The summed E-state index contributed by atoms with van der Waals surface area (Å²) in [5.74, 6) is 3.02. The minimum Gasteiger partial charge on any atom is -0.439 e. The van der Waals surface area contributed by atoms with E-state index in [0.29, 0.717) is 17.7 Å². The van der Waals surface area contributed by atoms with E-state index in [-0.39, 0.29) is 13.4 Å². The highest BCUT2D eigenvalue weighted by Gasteiger charge is 2.27. The van der Waals surface area contributed by atoms with Crippen LogP contribution in [0.3, 0.4) is 0 Å². The first kappa shape index (κ1) is 35.6. The molecule has 6 aromatic carbocycles. The van der Waals surface area contributed by atoms with Crippen molar-refractivity contribution in [3.8, 4) is 29.2 Å². The zero-order chi connectivity index (χ0) is 39.4. The summed E-state index contributed by atoms with van der Waals surface area (Å²) >= 11 is 0. The van der Waals surface area contributed by atoms with Crippen LogP contribution < -0.4 is 42.3 Å². The second kappa shape index (κ2) is 16.0. The number of hydrogen-bond acceptors (Lipinski definition) is 7. The summed E-state index contributed by atoms with van der Waals surface area (Å²) in [5, 5.41) is 11.0. The zero-order valence-electron chi connectivity index (χ0n) is 31.8. The third-order valence-corrected chi connectivity index (χ3v) is 10.5. The van der Waals surface area contributed by atoms with Crippen LogP contribution in [0.2, 0.25) is 0 Å². The van der Waals surface area contributed by atoms with Gasteiger partial charge >= 0.3 is 0 Å². The smallest absolute Gasteiger partial charge is 0.254 e. The fourth-order valence-corrected chi connectivity index (χ4v) is 7.99. The van der Waals surface area contributed by atoms with E-state index in [0.717, 1.165) is 66.1 Å². The zero-order valence-corrected chi connectivity index (χ0v) is 31.8. The van der Waals surface area contributed by atoms with Gasteiger partial charge in [0.15, 0.2) is 0 Å². The molecule has 0 spiro atoms. The summed E-state index contributed by atoms with van der Waals surface area (Å²) in [6.07, 6.45) is 6.75. The maximum atomic E-state index is 6.21. The molecular weight excluding hydrogens is 726 g/mol. The van der Waals surface area contributed by atoms with Gasteiger partial charge in [-0.25, -0.2) is 15.0 Å². The number of pyridine rings is 2. The molecular formula is C49H34B2N6O2. The lowest BCUT2D eigenvalue weighted by Gasteiger charge is -2.17. The summed E-state index contributed by atoms with van der Waals surface area (Å²) < 4.78 is 14.5. The van der Waals surface area contributed by atoms with Gasteiger partial charge in [-0.15, -0.1) is 5.10 Å². The fraction of sp³-hybridized carbons (Fsp3) is 0. The second-order valence-corrected chi connectivity index (χ2v) is 14.2. The molecule has 0 radical (unpaired) electrons. The van der Waals surface area contributed by atoms with Crippen molar-refractivity contribution in [2.45, 2.75) is 0 Å². The summed E-state index contributed by atoms with van der Waals surface area (Å²) in [6.45, 7) is -0.208. The highest BCUT2D eigenvalue weighted by Crippen LogP contribution is 2.30. The molecule has 4 aromatic heterocycles. The van der Waals surface area contributed by atoms with Gasteiger partial charge in [0.2, 0.25) is 25.2 Å². The molecule has 0 atom stereocenters. The van der Waals surface area contributed by atoms with Crippen molar-refractivity contribution in [2.24, 2.45) is 0 Å². The number of fused-ring (bicyclic) bond motifs is 3. The van der Waals surface area contributed by atoms with Gasteiger partial charge in [-0.2, -0.15) is 5.10 Å². The monoisotopic (exact) mass is 760 g/mol. The molecule has 0 aliphatic carbocycles. The molecule has 4 heterocycles. The summed E-state index contributed by atoms with van der Waals surface area (Å²) in [7, 11) is 0. The van der Waals surface area contributed by atoms with E-state index < -0.39 is 0 Å². The third kappa shape index (κ3) is 7.31. The largest absolute Gasteiger partial charge is 0.439 e. The average Bonchev–Trinajstić information content (AvgIpc) is 3.61. The van der Waals surface area contributed by atoms with E-state index in [4.69, 9.17) is 14.5 Å². The van der Waals surface area contributed by atoms with Crippen LogP contribution in [0.4, 0.5) is 0 Å². The van der Waals surface area contributed by atoms with E-state index in [2.05, 4.69) is 134 Å². The second-order valence-electron chi connectivity index (χ2n) is 14.2. The van der Waals surface area contributed by atoms with Gasteiger partial charge in [-0.3, -0.25) is 4.57 Å². The molecule has 0 aliphatic heterocycles. The maximum Gasteiger partial charge on any atom is 0.254 e. The quantitative estimate of drug-likeness (QED) is 0.142. The van der Waals surface area contributed by atoms with Crippen molar-refractivity contribution in [3.63, 3.8) is 0 Å². The minimum atomic E-state index is -0.104. The molecule has 8 nitrogen and oxygen atoms in total. The first-order valence-electron chi connectivity index (χ1n) is 19.4. The van der Waals surface area contributed by atoms with Crippen molar-refractivity contribution in [1.82, 2.24) is 29.7 Å². The van der Waals surface area contributed by atoms with Crippen molar-refractivity contribution < 1.29 is 9.47 Å². The van der Waals surface area contributed by atoms with Crippen LogP contribution in [0.5, 0.6) is 23.3 Å². The average molecular weight is 760 g/mol. The van der Waals surface area contributed by atoms with Crippen molar-refractivity contribution in [2.75, 3.05) is 0 Å². The Morgan fingerprint density at radius 1 is 0.373 bits per heavy atom. The van der Waals surface area contributed by atoms with Crippen LogP contribution in [-0.2, 0) is 0 Å². The first-order valence-corrected chi connectivity index (χ1v) is 19.4. The predicted octanol–water partition coefficient (Wildman–Crippen LogP) is 6.38. The molecule has 0 saturated heterocycles. The lowest BCUT2D eigenvalue weighted by Crippen LogP contribution is -2.52. The molecule has 10 aromatic rings. The Labute approximate surface area is 342 Å². The van der Waals surface area contributed by atoms with E-state index in [1.54, 1.807) is 24.8 Å². The van der Waals surface area contributed by atoms with Gasteiger partial charge in [-0.1, -0.05) is 154 Å². The van der Waals surface area contributed by atoms with Gasteiger partial charge < -0.3 is 9.47 Å². The van der Waals surface area contributed by atoms with E-state index >= 15 is 0 Å². The van der Waals surface area contributed by atoms with Gasteiger partial charge in [0.25, 0.3) is 5.95 Å². The molecule has 0 amide bonds. The fourth-order valence-electron chi connectivity index (χ4n) is 7.99. The summed E-state index contributed by atoms with van der Waals surface area (Å²) in [4.78, 5) is 13.5. The van der Waals surface area contributed by atoms with Gasteiger partial charge in [0.1, 0.15) is 11.5 Å². The van der Waals surface area contributed by atoms with Crippen LogP contribution in [0.1, 0.15) is 0 Å². The van der Waals surface area contributed by atoms with Crippen LogP contribution in [0.15, 0.2) is 207 Å². The van der Waals surface area contributed by atoms with Gasteiger partial charge in [-0.05, 0) is 48.5 Å². The predicted molar refractivity (Wildman–Crippen MR) is 238 cm³/mol. The minimum absolute atomic E-state index is 0.104. The third-order valence-electron chi connectivity index (χ3n) is 10.5. The van der Waals surface area contributed by atoms with E-state index in [1.807, 2.05) is 72.8 Å². The number of nitrogens with zero attached hydrogens (tertiary/aromatic N) is 6. The lowest BCUT2D eigenvalue weighted by atomic mass is 9.37. The Morgan fingerprint density at radius 3 is 1.31 bits per heavy atom. The molecule has 0 fully saturated rings. The Kier molecular flexibility index (Phi) is 9.62. The Balaban J connectivity index is 1.13. The Bertz CT molecular complexity index is 2830. The molecule has 10 rings (SSSR count). The van der Waals surface area contributed by atoms with Crippen molar-refractivity contribution >= 4 is 68.0 Å². The SMILES string of the molecule is c1ccc(B(c2cccc(Oc3ccccn3)c2)c2ccc3c4ccc(B(c5ccccc5)c5cccc(Oc6ccccn6)c5)cc4n(-c4nccnn4)c3c2)cc1. The van der Waals surface area contributed by atoms with Crippen molar-refractivity contribution in [1.29, 1.82) is 0 Å². The number of aromatic nitrogens is 6. The number of benzene rings is 6. The van der Waals surface area contributed by atoms with Crippen LogP contribution in [-0.4, -0.2) is 43.1 Å². The molecule has 0 unspecified atom stereocenters. The summed E-state index contributed by atoms with van der Waals surface area (Å²) in [6, 6.07) is 62.4. The highest BCUT2D eigenvalue weighted by atomic mass is 16.5. The van der Waals surface area contributed by atoms with Crippen molar-refractivity contribution in [3.05, 3.63) is 207 Å². The van der Waals surface area contributed by atoms with Crippen LogP contribution >= 0.6 is 0 Å². The van der Waals surface area contributed by atoms with E-state index in [1.165, 1.54) is 0 Å². The van der Waals surface area contributed by atoms with Gasteiger partial charge in [0, 0.05) is 35.3 Å². The number of rotatable bonds is 11. The highest BCUT2D eigenvalue weighted by molar-refractivity contribution is 6.96. The Morgan fingerprint density at radius 2 is 0.847 bits per heavy atom. The normalized spacial score (nSPS) is 11.1.